The van der Waals surface area contributed by atoms with Crippen LogP contribution in [-0.4, -0.2) is 18.9 Å². The second-order valence-electron chi connectivity index (χ2n) is 6.68. The van der Waals surface area contributed by atoms with E-state index in [1.807, 2.05) is 66.7 Å². The van der Waals surface area contributed by atoms with E-state index in [9.17, 15) is 9.59 Å². The fourth-order valence-corrected chi connectivity index (χ4v) is 4.06. The lowest BCUT2D eigenvalue weighted by atomic mass is 10.1. The van der Waals surface area contributed by atoms with E-state index in [4.69, 9.17) is 4.74 Å². The van der Waals surface area contributed by atoms with Gasteiger partial charge in [0.05, 0.1) is 17.7 Å². The molecule has 1 aliphatic heterocycles. The Balaban J connectivity index is 1.48. The molecule has 2 amide bonds. The van der Waals surface area contributed by atoms with E-state index in [0.717, 1.165) is 21.8 Å². The van der Waals surface area contributed by atoms with Gasteiger partial charge in [0.2, 0.25) is 0 Å². The van der Waals surface area contributed by atoms with E-state index < -0.39 is 0 Å². The second-order valence-corrected chi connectivity index (χ2v) is 7.76. The van der Waals surface area contributed by atoms with Crippen molar-refractivity contribution in [3.63, 3.8) is 0 Å². The molecule has 0 saturated heterocycles. The number of thioether (sulfide) groups is 1. The van der Waals surface area contributed by atoms with Crippen LogP contribution in [0, 0.1) is 0 Å². The molecule has 150 valence electrons. The molecule has 2 N–H and O–H groups in total. The maximum Gasteiger partial charge on any atom is 0.262 e. The van der Waals surface area contributed by atoms with Crippen LogP contribution in [0.3, 0.4) is 0 Å². The third-order valence-electron chi connectivity index (χ3n) is 4.66. The predicted molar refractivity (Wildman–Crippen MR) is 120 cm³/mol. The van der Waals surface area contributed by atoms with Gasteiger partial charge >= 0.3 is 0 Å². The number of hydrogen-bond acceptors (Lipinski definition) is 4. The lowest BCUT2D eigenvalue weighted by Crippen LogP contribution is -2.24. The highest BCUT2D eigenvalue weighted by molar-refractivity contribution is 8.04. The number of methoxy groups -OCH3 is 1. The van der Waals surface area contributed by atoms with Gasteiger partial charge in [-0.25, -0.2) is 0 Å². The molecule has 5 nitrogen and oxygen atoms in total. The lowest BCUT2D eigenvalue weighted by Gasteiger charge is -2.19. The molecular weight excluding hydrogens is 396 g/mol. The van der Waals surface area contributed by atoms with Gasteiger partial charge in [-0.05, 0) is 35.9 Å². The highest BCUT2D eigenvalue weighted by Gasteiger charge is 2.22. The summed E-state index contributed by atoms with van der Waals surface area (Å²) in [7, 11) is 1.60. The van der Waals surface area contributed by atoms with E-state index in [1.165, 1.54) is 11.8 Å². The number of carbonyl (C=O) groups excluding carboxylic acids is 2. The topological polar surface area (TPSA) is 67.4 Å². The molecule has 1 heterocycles. The molecule has 4 rings (SSSR count). The van der Waals surface area contributed by atoms with Gasteiger partial charge in [-0.2, -0.15) is 0 Å². The van der Waals surface area contributed by atoms with Crippen LogP contribution in [0.1, 0.15) is 21.5 Å². The third kappa shape index (κ3) is 4.39. The number of fused-ring (bicyclic) bond motifs is 1. The van der Waals surface area contributed by atoms with E-state index in [1.54, 1.807) is 19.2 Å². The minimum atomic E-state index is -0.214. The van der Waals surface area contributed by atoms with Gasteiger partial charge in [-0.3, -0.25) is 9.59 Å². The minimum absolute atomic E-state index is 0.178. The van der Waals surface area contributed by atoms with Crippen LogP contribution in [0.4, 0.5) is 5.69 Å². The maximum atomic E-state index is 12.6. The first kappa shape index (κ1) is 19.8. The van der Waals surface area contributed by atoms with Gasteiger partial charge in [0.15, 0.2) is 0 Å². The molecule has 0 bridgehead atoms. The molecular formula is C24H20N2O3S. The van der Waals surface area contributed by atoms with Crippen LogP contribution in [0.15, 0.2) is 82.6 Å². The zero-order valence-corrected chi connectivity index (χ0v) is 17.2. The summed E-state index contributed by atoms with van der Waals surface area (Å²) in [6.07, 6.45) is 1.86. The van der Waals surface area contributed by atoms with Crippen LogP contribution < -0.4 is 15.4 Å². The molecule has 0 saturated carbocycles. The molecule has 6 heteroatoms. The van der Waals surface area contributed by atoms with Gasteiger partial charge in [0.25, 0.3) is 11.8 Å². The summed E-state index contributed by atoms with van der Waals surface area (Å²) in [5, 5.41) is 5.79. The molecule has 0 radical (unpaired) electrons. The Morgan fingerprint density at radius 3 is 2.63 bits per heavy atom. The molecule has 0 fully saturated rings. The average molecular weight is 417 g/mol. The molecule has 3 aromatic rings. The van der Waals surface area contributed by atoms with Crippen molar-refractivity contribution in [2.75, 3.05) is 12.4 Å². The Bertz CT molecular complexity index is 1130. The fourth-order valence-electron chi connectivity index (χ4n) is 3.13. The number of rotatable bonds is 5. The Hall–Kier alpha value is -3.51. The van der Waals surface area contributed by atoms with Crippen molar-refractivity contribution >= 4 is 35.3 Å². The number of para-hydroxylation sites is 1. The van der Waals surface area contributed by atoms with Crippen LogP contribution in [0.25, 0.3) is 6.08 Å². The third-order valence-corrected chi connectivity index (χ3v) is 5.76. The van der Waals surface area contributed by atoms with Gasteiger partial charge in [0, 0.05) is 22.6 Å². The summed E-state index contributed by atoms with van der Waals surface area (Å²) in [5.74, 6) is 0.334. The molecule has 1 aliphatic rings. The summed E-state index contributed by atoms with van der Waals surface area (Å²) < 4.78 is 5.32. The van der Waals surface area contributed by atoms with E-state index in [0.29, 0.717) is 22.7 Å². The smallest absolute Gasteiger partial charge is 0.262 e. The predicted octanol–water partition coefficient (Wildman–Crippen LogP) is 4.71. The molecule has 0 unspecified atom stereocenters. The van der Waals surface area contributed by atoms with Gasteiger partial charge < -0.3 is 15.4 Å². The molecule has 0 aromatic heterocycles. The summed E-state index contributed by atoms with van der Waals surface area (Å²) in [6, 6.07) is 22.6. The van der Waals surface area contributed by atoms with Crippen molar-refractivity contribution in [3.8, 4) is 5.75 Å². The van der Waals surface area contributed by atoms with Crippen molar-refractivity contribution < 1.29 is 14.3 Å². The second kappa shape index (κ2) is 8.88. The first-order valence-corrected chi connectivity index (χ1v) is 10.3. The Morgan fingerprint density at radius 1 is 1.07 bits per heavy atom. The zero-order chi connectivity index (χ0) is 20.9. The number of benzene rings is 3. The normalized spacial score (nSPS) is 14.0. The molecule has 0 atom stereocenters. The number of anilines is 1. The first-order valence-electron chi connectivity index (χ1n) is 9.44. The van der Waals surface area contributed by atoms with E-state index in [-0.39, 0.29) is 11.8 Å². The first-order chi connectivity index (χ1) is 14.6. The number of nitrogens with one attached hydrogen (secondary N) is 2. The van der Waals surface area contributed by atoms with Crippen LogP contribution in [-0.2, 0) is 11.3 Å². The van der Waals surface area contributed by atoms with E-state index >= 15 is 0 Å². The highest BCUT2D eigenvalue weighted by Crippen LogP contribution is 2.39. The Kier molecular flexibility index (Phi) is 5.86. The molecule has 0 spiro atoms. The largest absolute Gasteiger partial charge is 0.496 e. The van der Waals surface area contributed by atoms with Crippen molar-refractivity contribution in [1.82, 2.24) is 5.32 Å². The van der Waals surface area contributed by atoms with Crippen molar-refractivity contribution in [2.24, 2.45) is 0 Å². The number of carbonyl (C=O) groups is 2. The van der Waals surface area contributed by atoms with Crippen molar-refractivity contribution in [2.45, 2.75) is 11.4 Å². The van der Waals surface area contributed by atoms with Crippen LogP contribution in [0.2, 0.25) is 0 Å². The van der Waals surface area contributed by atoms with E-state index in [2.05, 4.69) is 10.6 Å². The van der Waals surface area contributed by atoms with Gasteiger partial charge in [0.1, 0.15) is 5.75 Å². The Morgan fingerprint density at radius 2 is 1.83 bits per heavy atom. The minimum Gasteiger partial charge on any atom is -0.496 e. The summed E-state index contributed by atoms with van der Waals surface area (Å²) >= 11 is 1.40. The number of hydrogen-bond donors (Lipinski definition) is 2. The summed E-state index contributed by atoms with van der Waals surface area (Å²) in [4.78, 5) is 26.6. The molecule has 30 heavy (non-hydrogen) atoms. The lowest BCUT2D eigenvalue weighted by molar-refractivity contribution is -0.112. The van der Waals surface area contributed by atoms with Crippen LogP contribution >= 0.6 is 11.8 Å². The molecule has 3 aromatic carbocycles. The summed E-state index contributed by atoms with van der Waals surface area (Å²) in [6.45, 7) is 0.352. The molecule has 0 aliphatic carbocycles. The quantitative estimate of drug-likeness (QED) is 0.591. The zero-order valence-electron chi connectivity index (χ0n) is 16.3. The Labute approximate surface area is 179 Å². The fraction of sp³-hybridized carbons (Fsp3) is 0.0833. The van der Waals surface area contributed by atoms with Gasteiger partial charge in [-0.1, -0.05) is 60.3 Å². The number of ether oxygens (including phenoxy) is 1. The SMILES string of the molecule is COc1ccccc1CNC(=O)c1ccc2c(c1)NC(=O)C(=Cc1ccccc1)S2. The van der Waals surface area contributed by atoms with Crippen molar-refractivity contribution in [1.29, 1.82) is 0 Å². The monoisotopic (exact) mass is 416 g/mol. The number of amides is 2. The average Bonchev–Trinajstić information content (AvgIpc) is 2.78. The highest BCUT2D eigenvalue weighted by atomic mass is 32.2. The summed E-state index contributed by atoms with van der Waals surface area (Å²) in [5.41, 5.74) is 2.98. The van der Waals surface area contributed by atoms with Crippen LogP contribution in [0.5, 0.6) is 5.75 Å². The standard InChI is InChI=1S/C24H20N2O3S/c1-29-20-10-6-5-9-18(20)15-25-23(27)17-11-12-21-19(14-17)26-24(28)22(30-21)13-16-7-3-2-4-8-16/h2-14H,15H2,1H3,(H,25,27)(H,26,28). The van der Waals surface area contributed by atoms with Gasteiger partial charge in [-0.15, -0.1) is 0 Å². The maximum absolute atomic E-state index is 12.6. The van der Waals surface area contributed by atoms with Crippen molar-refractivity contribution in [3.05, 3.63) is 94.4 Å².